The molecule has 1 N–H and O–H groups in total. The van der Waals surface area contributed by atoms with Gasteiger partial charge in [-0.25, -0.2) is 4.98 Å². The summed E-state index contributed by atoms with van der Waals surface area (Å²) in [7, 11) is 0. The molecule has 1 atom stereocenters. The number of rotatable bonds is 2. The van der Waals surface area contributed by atoms with Crippen LogP contribution in [0.5, 0.6) is 0 Å². The molecule has 0 radical (unpaired) electrons. The molecule has 3 heteroatoms. The molecule has 0 saturated carbocycles. The molecule has 2 heterocycles. The SMILES string of the molecule is CC.CCNC1CCn2ccnc2C1. The number of likely N-dealkylation sites (N-methyl/N-ethyl adjacent to an activating group) is 1. The van der Waals surface area contributed by atoms with Gasteiger partial charge in [0.2, 0.25) is 0 Å². The van der Waals surface area contributed by atoms with E-state index in [0.29, 0.717) is 6.04 Å². The Labute approximate surface area is 86.5 Å². The summed E-state index contributed by atoms with van der Waals surface area (Å²) in [6.07, 6.45) is 6.28. The Balaban J connectivity index is 0.000000461. The van der Waals surface area contributed by atoms with E-state index in [2.05, 4.69) is 28.0 Å². The van der Waals surface area contributed by atoms with Crippen LogP contribution < -0.4 is 5.32 Å². The minimum atomic E-state index is 0.643. The van der Waals surface area contributed by atoms with Crippen molar-refractivity contribution in [3.8, 4) is 0 Å². The largest absolute Gasteiger partial charge is 0.335 e. The van der Waals surface area contributed by atoms with E-state index in [1.807, 2.05) is 20.0 Å². The summed E-state index contributed by atoms with van der Waals surface area (Å²) < 4.78 is 2.24. The Hall–Kier alpha value is -0.830. The standard InChI is InChI=1S/C9H15N3.C2H6/c1-2-10-8-3-5-12-6-4-11-9(12)7-8;1-2/h4,6,8,10H,2-3,5,7H2,1H3;1-2H3. The van der Waals surface area contributed by atoms with Crippen molar-refractivity contribution in [1.82, 2.24) is 14.9 Å². The van der Waals surface area contributed by atoms with Gasteiger partial charge in [-0.1, -0.05) is 20.8 Å². The fourth-order valence-corrected chi connectivity index (χ4v) is 1.81. The van der Waals surface area contributed by atoms with E-state index in [4.69, 9.17) is 0 Å². The molecular weight excluding hydrogens is 174 g/mol. The van der Waals surface area contributed by atoms with Crippen molar-refractivity contribution in [2.45, 2.75) is 46.2 Å². The lowest BCUT2D eigenvalue weighted by atomic mass is 10.1. The van der Waals surface area contributed by atoms with Gasteiger partial charge in [-0.15, -0.1) is 0 Å². The number of imidazole rings is 1. The molecule has 1 aliphatic heterocycles. The van der Waals surface area contributed by atoms with Gasteiger partial charge < -0.3 is 9.88 Å². The molecule has 0 fully saturated rings. The fraction of sp³-hybridized carbons (Fsp3) is 0.727. The van der Waals surface area contributed by atoms with Crippen molar-refractivity contribution in [2.24, 2.45) is 0 Å². The molecule has 0 spiro atoms. The minimum absolute atomic E-state index is 0.643. The molecule has 14 heavy (non-hydrogen) atoms. The predicted octanol–water partition coefficient (Wildman–Crippen LogP) is 1.83. The zero-order valence-corrected chi connectivity index (χ0v) is 9.45. The first kappa shape index (κ1) is 11.2. The maximum absolute atomic E-state index is 4.31. The maximum Gasteiger partial charge on any atom is 0.110 e. The maximum atomic E-state index is 4.31. The number of hydrogen-bond acceptors (Lipinski definition) is 2. The normalized spacial score (nSPS) is 19.5. The van der Waals surface area contributed by atoms with Crippen LogP contribution in [-0.4, -0.2) is 22.1 Å². The molecule has 0 amide bonds. The summed E-state index contributed by atoms with van der Waals surface area (Å²) in [6, 6.07) is 0.643. The highest BCUT2D eigenvalue weighted by atomic mass is 15.1. The van der Waals surface area contributed by atoms with Crippen LogP contribution in [0, 0.1) is 0 Å². The molecule has 0 aliphatic carbocycles. The van der Waals surface area contributed by atoms with Crippen molar-refractivity contribution in [3.05, 3.63) is 18.2 Å². The lowest BCUT2D eigenvalue weighted by Gasteiger charge is -2.23. The quantitative estimate of drug-likeness (QED) is 0.780. The summed E-state index contributed by atoms with van der Waals surface area (Å²) in [5, 5.41) is 3.46. The van der Waals surface area contributed by atoms with Crippen LogP contribution in [0.4, 0.5) is 0 Å². The fourth-order valence-electron chi connectivity index (χ4n) is 1.81. The van der Waals surface area contributed by atoms with Crippen LogP contribution in [0.15, 0.2) is 12.4 Å². The monoisotopic (exact) mass is 195 g/mol. The third-order valence-electron chi connectivity index (χ3n) is 2.44. The summed E-state index contributed by atoms with van der Waals surface area (Å²) in [4.78, 5) is 4.31. The second-order valence-electron chi connectivity index (χ2n) is 3.28. The van der Waals surface area contributed by atoms with Crippen LogP contribution in [0.25, 0.3) is 0 Å². The third-order valence-corrected chi connectivity index (χ3v) is 2.44. The van der Waals surface area contributed by atoms with E-state index >= 15 is 0 Å². The summed E-state index contributed by atoms with van der Waals surface area (Å²) in [5.74, 6) is 1.23. The first-order valence-electron chi connectivity index (χ1n) is 5.63. The molecule has 3 nitrogen and oxygen atoms in total. The molecule has 0 bridgehead atoms. The second-order valence-corrected chi connectivity index (χ2v) is 3.28. The van der Waals surface area contributed by atoms with Crippen LogP contribution >= 0.6 is 0 Å². The number of nitrogens with zero attached hydrogens (tertiary/aromatic N) is 2. The van der Waals surface area contributed by atoms with Crippen molar-refractivity contribution in [3.63, 3.8) is 0 Å². The Kier molecular flexibility index (Phi) is 4.66. The van der Waals surface area contributed by atoms with Crippen molar-refractivity contribution < 1.29 is 0 Å². The Morgan fingerprint density at radius 1 is 1.57 bits per heavy atom. The molecule has 1 aliphatic rings. The first-order chi connectivity index (χ1) is 6.90. The van der Waals surface area contributed by atoms with E-state index in [1.54, 1.807) is 0 Å². The predicted molar refractivity (Wildman–Crippen MR) is 59.4 cm³/mol. The lowest BCUT2D eigenvalue weighted by Crippen LogP contribution is -2.36. The number of aryl methyl sites for hydroxylation is 1. The number of hydrogen-bond donors (Lipinski definition) is 1. The number of aromatic nitrogens is 2. The van der Waals surface area contributed by atoms with Gasteiger partial charge in [0.25, 0.3) is 0 Å². The zero-order valence-electron chi connectivity index (χ0n) is 9.45. The summed E-state index contributed by atoms with van der Waals surface area (Å²) in [6.45, 7) is 8.33. The van der Waals surface area contributed by atoms with Gasteiger partial charge in [0.15, 0.2) is 0 Å². The van der Waals surface area contributed by atoms with Crippen molar-refractivity contribution in [2.75, 3.05) is 6.54 Å². The Morgan fingerprint density at radius 2 is 2.36 bits per heavy atom. The smallest absolute Gasteiger partial charge is 0.110 e. The van der Waals surface area contributed by atoms with E-state index in [-0.39, 0.29) is 0 Å². The average Bonchev–Trinajstić information content (AvgIpc) is 2.68. The topological polar surface area (TPSA) is 29.9 Å². The second kappa shape index (κ2) is 5.81. The molecule has 1 aromatic heterocycles. The number of nitrogens with one attached hydrogen (secondary N) is 1. The molecular formula is C11H21N3. The van der Waals surface area contributed by atoms with E-state index in [9.17, 15) is 0 Å². The van der Waals surface area contributed by atoms with Crippen LogP contribution in [-0.2, 0) is 13.0 Å². The van der Waals surface area contributed by atoms with Crippen molar-refractivity contribution >= 4 is 0 Å². The Bertz CT molecular complexity index is 255. The van der Waals surface area contributed by atoms with E-state index < -0.39 is 0 Å². The molecule has 2 rings (SSSR count). The average molecular weight is 195 g/mol. The van der Waals surface area contributed by atoms with Gasteiger partial charge in [0.1, 0.15) is 5.82 Å². The zero-order chi connectivity index (χ0) is 10.4. The van der Waals surface area contributed by atoms with Gasteiger partial charge in [-0.3, -0.25) is 0 Å². The highest BCUT2D eigenvalue weighted by Gasteiger charge is 2.17. The van der Waals surface area contributed by atoms with E-state index in [1.165, 1.54) is 12.2 Å². The first-order valence-corrected chi connectivity index (χ1v) is 5.63. The number of fused-ring (bicyclic) bond motifs is 1. The van der Waals surface area contributed by atoms with Gasteiger partial charge in [0.05, 0.1) is 0 Å². The minimum Gasteiger partial charge on any atom is -0.335 e. The van der Waals surface area contributed by atoms with Gasteiger partial charge in [-0.2, -0.15) is 0 Å². The molecule has 80 valence electrons. The van der Waals surface area contributed by atoms with Crippen molar-refractivity contribution in [1.29, 1.82) is 0 Å². The van der Waals surface area contributed by atoms with Gasteiger partial charge in [0, 0.05) is 31.4 Å². The molecule has 1 unspecified atom stereocenters. The third kappa shape index (κ3) is 2.58. The Morgan fingerprint density at radius 3 is 3.07 bits per heavy atom. The van der Waals surface area contributed by atoms with Crippen LogP contribution in [0.2, 0.25) is 0 Å². The summed E-state index contributed by atoms with van der Waals surface area (Å²) >= 11 is 0. The highest BCUT2D eigenvalue weighted by Crippen LogP contribution is 2.12. The molecule has 1 aromatic rings. The van der Waals surface area contributed by atoms with E-state index in [0.717, 1.165) is 19.5 Å². The lowest BCUT2D eigenvalue weighted by molar-refractivity contribution is 0.401. The molecule has 0 saturated heterocycles. The van der Waals surface area contributed by atoms with Gasteiger partial charge >= 0.3 is 0 Å². The highest BCUT2D eigenvalue weighted by molar-refractivity contribution is 4.99. The summed E-state index contributed by atoms with van der Waals surface area (Å²) in [5.41, 5.74) is 0. The van der Waals surface area contributed by atoms with Gasteiger partial charge in [-0.05, 0) is 13.0 Å². The molecule has 0 aromatic carbocycles. The van der Waals surface area contributed by atoms with Crippen LogP contribution in [0.3, 0.4) is 0 Å². The van der Waals surface area contributed by atoms with Crippen LogP contribution in [0.1, 0.15) is 33.0 Å².